The normalized spacial score (nSPS) is 24.9. The molecule has 1 saturated carbocycles. The zero-order valence-electron chi connectivity index (χ0n) is 11.9. The summed E-state index contributed by atoms with van der Waals surface area (Å²) in [7, 11) is 0. The molecule has 0 aromatic heterocycles. The fraction of sp³-hybridized carbons (Fsp3) is 0.600. The molecule has 1 aromatic carbocycles. The van der Waals surface area contributed by atoms with Gasteiger partial charge in [-0.1, -0.05) is 31.9 Å². The predicted molar refractivity (Wildman–Crippen MR) is 72.6 cm³/mol. The van der Waals surface area contributed by atoms with Gasteiger partial charge in [-0.25, -0.2) is 4.39 Å². The van der Waals surface area contributed by atoms with Crippen LogP contribution in [0.1, 0.15) is 49.8 Å². The van der Waals surface area contributed by atoms with E-state index in [1.54, 1.807) is 0 Å². The van der Waals surface area contributed by atoms with Gasteiger partial charge in [0.1, 0.15) is 5.82 Å². The molecule has 1 aliphatic carbocycles. The molecule has 1 aromatic rings. The Morgan fingerprint density at radius 1 is 1.19 bits per heavy atom. The highest BCUT2D eigenvalue weighted by Gasteiger charge is 2.37. The average molecular weight is 304 g/mol. The second-order valence-corrected chi connectivity index (χ2v) is 5.87. The smallest absolute Gasteiger partial charge is 0.271 e. The lowest BCUT2D eigenvalue weighted by Gasteiger charge is -2.33. The summed E-state index contributed by atoms with van der Waals surface area (Å²) in [5, 5.41) is 0. The van der Waals surface area contributed by atoms with E-state index in [9.17, 15) is 17.6 Å². The summed E-state index contributed by atoms with van der Waals surface area (Å²) >= 11 is 0. The number of rotatable bonds is 3. The van der Waals surface area contributed by atoms with Gasteiger partial charge in [-0.15, -0.1) is 0 Å². The van der Waals surface area contributed by atoms with E-state index in [4.69, 9.17) is 5.84 Å². The summed E-state index contributed by atoms with van der Waals surface area (Å²) in [5.74, 6) is 4.95. The highest BCUT2D eigenvalue weighted by molar-refractivity contribution is 5.30. The molecule has 0 bridgehead atoms. The Morgan fingerprint density at radius 3 is 2.33 bits per heavy atom. The second-order valence-electron chi connectivity index (χ2n) is 5.87. The lowest BCUT2D eigenvalue weighted by Crippen LogP contribution is -2.36. The highest BCUT2D eigenvalue weighted by atomic mass is 19.4. The first kappa shape index (κ1) is 16.2. The number of alkyl halides is 3. The van der Waals surface area contributed by atoms with Crippen molar-refractivity contribution in [1.82, 2.24) is 5.43 Å². The zero-order valence-corrected chi connectivity index (χ0v) is 11.9. The zero-order chi connectivity index (χ0) is 15.6. The van der Waals surface area contributed by atoms with Crippen LogP contribution >= 0.6 is 0 Å². The third-order valence-corrected chi connectivity index (χ3v) is 4.38. The standard InChI is InChI=1S/C15H20F4N2/c1-9-5-7-10(8-6-9)14(21-20)11-3-2-4-12(13(11)16)15(17,18)19/h2-4,9-10,14,21H,5-8,20H2,1H3. The second kappa shape index (κ2) is 6.32. The third kappa shape index (κ3) is 3.55. The molecule has 0 spiro atoms. The number of nitrogens with one attached hydrogen (secondary N) is 1. The van der Waals surface area contributed by atoms with Gasteiger partial charge >= 0.3 is 6.18 Å². The summed E-state index contributed by atoms with van der Waals surface area (Å²) in [5.41, 5.74) is 1.29. The number of hydrogen-bond acceptors (Lipinski definition) is 2. The molecule has 1 atom stereocenters. The van der Waals surface area contributed by atoms with Crippen LogP contribution in [0.25, 0.3) is 0 Å². The fourth-order valence-corrected chi connectivity index (χ4v) is 3.11. The minimum Gasteiger partial charge on any atom is -0.271 e. The Balaban J connectivity index is 2.30. The first-order valence-electron chi connectivity index (χ1n) is 7.16. The van der Waals surface area contributed by atoms with Crippen molar-refractivity contribution in [2.24, 2.45) is 17.7 Å². The van der Waals surface area contributed by atoms with Crippen LogP contribution < -0.4 is 11.3 Å². The van der Waals surface area contributed by atoms with Gasteiger partial charge in [-0.05, 0) is 30.7 Å². The molecule has 1 aliphatic rings. The van der Waals surface area contributed by atoms with Crippen molar-refractivity contribution in [3.05, 3.63) is 35.1 Å². The van der Waals surface area contributed by atoms with Gasteiger partial charge in [-0.2, -0.15) is 13.2 Å². The van der Waals surface area contributed by atoms with Crippen LogP contribution in [0.15, 0.2) is 18.2 Å². The van der Waals surface area contributed by atoms with Crippen LogP contribution in [-0.4, -0.2) is 0 Å². The van der Waals surface area contributed by atoms with Gasteiger partial charge in [-0.3, -0.25) is 11.3 Å². The summed E-state index contributed by atoms with van der Waals surface area (Å²) in [6.45, 7) is 2.14. The van der Waals surface area contributed by atoms with Crippen molar-refractivity contribution in [2.75, 3.05) is 0 Å². The maximum Gasteiger partial charge on any atom is 0.419 e. The quantitative estimate of drug-likeness (QED) is 0.499. The molecule has 2 rings (SSSR count). The molecule has 0 saturated heterocycles. The average Bonchev–Trinajstić information content (AvgIpc) is 2.42. The van der Waals surface area contributed by atoms with Gasteiger partial charge in [0, 0.05) is 5.56 Å². The Labute approximate surface area is 121 Å². The molecule has 6 heteroatoms. The van der Waals surface area contributed by atoms with E-state index in [0.717, 1.165) is 31.7 Å². The largest absolute Gasteiger partial charge is 0.419 e. The highest BCUT2D eigenvalue weighted by Crippen LogP contribution is 2.39. The minimum atomic E-state index is -4.69. The van der Waals surface area contributed by atoms with E-state index >= 15 is 0 Å². The van der Waals surface area contributed by atoms with Crippen LogP contribution in [0, 0.1) is 17.7 Å². The van der Waals surface area contributed by atoms with Crippen LogP contribution in [0.5, 0.6) is 0 Å². The molecular weight excluding hydrogens is 284 g/mol. The summed E-state index contributed by atoms with van der Waals surface area (Å²) < 4.78 is 52.6. The van der Waals surface area contributed by atoms with Crippen LogP contribution in [0.4, 0.5) is 17.6 Å². The van der Waals surface area contributed by atoms with Gasteiger partial charge < -0.3 is 0 Å². The van der Waals surface area contributed by atoms with E-state index in [1.165, 1.54) is 12.1 Å². The molecular formula is C15H20F4N2. The third-order valence-electron chi connectivity index (χ3n) is 4.38. The van der Waals surface area contributed by atoms with Gasteiger partial charge in [0.2, 0.25) is 0 Å². The number of hydrazine groups is 1. The molecule has 0 heterocycles. The van der Waals surface area contributed by atoms with Crippen molar-refractivity contribution in [3.63, 3.8) is 0 Å². The number of hydrogen-bond donors (Lipinski definition) is 2. The van der Waals surface area contributed by atoms with Crippen LogP contribution in [0.3, 0.4) is 0 Å². The monoisotopic (exact) mass is 304 g/mol. The van der Waals surface area contributed by atoms with Crippen LogP contribution in [0.2, 0.25) is 0 Å². The van der Waals surface area contributed by atoms with Crippen molar-refractivity contribution >= 4 is 0 Å². The van der Waals surface area contributed by atoms with Crippen molar-refractivity contribution in [1.29, 1.82) is 0 Å². The molecule has 118 valence electrons. The van der Waals surface area contributed by atoms with Crippen LogP contribution in [-0.2, 0) is 6.18 Å². The van der Waals surface area contributed by atoms with E-state index in [1.807, 2.05) is 0 Å². The number of halogens is 4. The number of benzene rings is 1. The molecule has 0 radical (unpaired) electrons. The lowest BCUT2D eigenvalue weighted by molar-refractivity contribution is -0.140. The molecule has 3 N–H and O–H groups in total. The van der Waals surface area contributed by atoms with E-state index in [0.29, 0.717) is 5.92 Å². The van der Waals surface area contributed by atoms with E-state index in [-0.39, 0.29) is 11.5 Å². The van der Waals surface area contributed by atoms with Crippen molar-refractivity contribution in [2.45, 2.75) is 44.8 Å². The Kier molecular flexibility index (Phi) is 4.88. The van der Waals surface area contributed by atoms with E-state index in [2.05, 4.69) is 12.3 Å². The van der Waals surface area contributed by atoms with Gasteiger partial charge in [0.05, 0.1) is 11.6 Å². The van der Waals surface area contributed by atoms with Crippen molar-refractivity contribution in [3.8, 4) is 0 Å². The van der Waals surface area contributed by atoms with Gasteiger partial charge in [0.15, 0.2) is 0 Å². The molecule has 1 unspecified atom stereocenters. The first-order valence-corrected chi connectivity index (χ1v) is 7.16. The topological polar surface area (TPSA) is 38.0 Å². The summed E-state index contributed by atoms with van der Waals surface area (Å²) in [4.78, 5) is 0. The summed E-state index contributed by atoms with van der Waals surface area (Å²) in [6.07, 6.45) is -1.04. The molecule has 0 aliphatic heterocycles. The molecule has 0 amide bonds. The molecule has 1 fully saturated rings. The maximum absolute atomic E-state index is 14.2. The molecule has 2 nitrogen and oxygen atoms in total. The fourth-order valence-electron chi connectivity index (χ4n) is 3.11. The Hall–Kier alpha value is -1.14. The minimum absolute atomic E-state index is 0.00637. The SMILES string of the molecule is CC1CCC(C(NN)c2cccc(C(F)(F)F)c2F)CC1. The Morgan fingerprint density at radius 2 is 1.81 bits per heavy atom. The lowest BCUT2D eigenvalue weighted by atomic mass is 9.77. The first-order chi connectivity index (χ1) is 9.84. The Bertz CT molecular complexity index is 479. The number of nitrogens with two attached hydrogens (primary N) is 1. The maximum atomic E-state index is 14.2. The van der Waals surface area contributed by atoms with Crippen molar-refractivity contribution < 1.29 is 17.6 Å². The summed E-state index contributed by atoms with van der Waals surface area (Å²) in [6, 6.07) is 2.79. The molecule has 21 heavy (non-hydrogen) atoms. The predicted octanol–water partition coefficient (Wildman–Crippen LogP) is 4.18. The van der Waals surface area contributed by atoms with E-state index < -0.39 is 23.6 Å². The van der Waals surface area contributed by atoms with Gasteiger partial charge in [0.25, 0.3) is 0 Å².